The normalized spacial score (nSPS) is 10.5. The Morgan fingerprint density at radius 1 is 0.875 bits per heavy atom. The molecule has 0 aliphatic heterocycles. The lowest BCUT2D eigenvalue weighted by Gasteiger charge is -2.06. The van der Waals surface area contributed by atoms with Gasteiger partial charge in [-0.2, -0.15) is 0 Å². The smallest absolute Gasteiger partial charge is 0.134 e. The van der Waals surface area contributed by atoms with Gasteiger partial charge in [-0.1, -0.05) is 61.1 Å². The molecule has 0 aliphatic carbocycles. The highest BCUT2D eigenvalue weighted by Gasteiger charge is 2.07. The maximum Gasteiger partial charge on any atom is 0.134 e. The van der Waals surface area contributed by atoms with Gasteiger partial charge in [0.1, 0.15) is 5.82 Å². The van der Waals surface area contributed by atoms with E-state index in [9.17, 15) is 4.39 Å². The standard InChI is InChI=1S/C23H21F/c1-3-4-5-20-13-14-21-16-19(12-15-22(21)23(20)24)11-10-18-8-6-17(2)7-9-18/h6-9,12-16H,3-5H2,1-2H3. The van der Waals surface area contributed by atoms with E-state index in [-0.39, 0.29) is 5.82 Å². The van der Waals surface area contributed by atoms with Gasteiger partial charge in [0.05, 0.1) is 0 Å². The first-order chi connectivity index (χ1) is 11.7. The van der Waals surface area contributed by atoms with E-state index in [0.717, 1.165) is 41.3 Å². The van der Waals surface area contributed by atoms with Crippen molar-refractivity contribution in [3.05, 3.63) is 82.7 Å². The van der Waals surface area contributed by atoms with E-state index in [1.807, 2.05) is 42.5 Å². The lowest BCUT2D eigenvalue weighted by molar-refractivity contribution is 0.614. The summed E-state index contributed by atoms with van der Waals surface area (Å²) in [5, 5.41) is 1.59. The molecule has 120 valence electrons. The van der Waals surface area contributed by atoms with Gasteiger partial charge in [-0.3, -0.25) is 0 Å². The van der Waals surface area contributed by atoms with Crippen LogP contribution in [0.15, 0.2) is 54.6 Å². The van der Waals surface area contributed by atoms with Crippen LogP contribution in [0.3, 0.4) is 0 Å². The van der Waals surface area contributed by atoms with E-state index in [4.69, 9.17) is 0 Å². The monoisotopic (exact) mass is 316 g/mol. The first kappa shape index (κ1) is 16.3. The molecule has 0 amide bonds. The minimum absolute atomic E-state index is 0.0843. The van der Waals surface area contributed by atoms with Gasteiger partial charge in [0.25, 0.3) is 0 Å². The summed E-state index contributed by atoms with van der Waals surface area (Å²) in [6.45, 7) is 4.18. The summed E-state index contributed by atoms with van der Waals surface area (Å²) in [6, 6.07) is 17.8. The summed E-state index contributed by atoms with van der Waals surface area (Å²) in [5.74, 6) is 6.25. The molecule has 0 spiro atoms. The number of hydrogen-bond acceptors (Lipinski definition) is 0. The largest absolute Gasteiger partial charge is 0.206 e. The van der Waals surface area contributed by atoms with Crippen molar-refractivity contribution < 1.29 is 4.39 Å². The van der Waals surface area contributed by atoms with Crippen LogP contribution in [0.4, 0.5) is 4.39 Å². The second kappa shape index (κ2) is 7.32. The molecule has 0 bridgehead atoms. The van der Waals surface area contributed by atoms with Crippen molar-refractivity contribution in [3.8, 4) is 11.8 Å². The van der Waals surface area contributed by atoms with Crippen molar-refractivity contribution in [1.29, 1.82) is 0 Å². The Balaban J connectivity index is 1.91. The lowest BCUT2D eigenvalue weighted by Crippen LogP contribution is -1.92. The Bertz CT molecular complexity index is 908. The fraction of sp³-hybridized carbons (Fsp3) is 0.217. The van der Waals surface area contributed by atoms with Crippen molar-refractivity contribution in [2.24, 2.45) is 0 Å². The van der Waals surface area contributed by atoms with Gasteiger partial charge in [0.2, 0.25) is 0 Å². The van der Waals surface area contributed by atoms with E-state index in [0.29, 0.717) is 5.39 Å². The molecule has 0 saturated carbocycles. The van der Waals surface area contributed by atoms with Crippen LogP contribution >= 0.6 is 0 Å². The molecule has 0 heterocycles. The van der Waals surface area contributed by atoms with Crippen LogP contribution in [0.2, 0.25) is 0 Å². The highest BCUT2D eigenvalue weighted by atomic mass is 19.1. The first-order valence-corrected chi connectivity index (χ1v) is 8.47. The summed E-state index contributed by atoms with van der Waals surface area (Å²) < 4.78 is 14.6. The molecular formula is C23H21F. The van der Waals surface area contributed by atoms with Crippen LogP contribution < -0.4 is 0 Å². The van der Waals surface area contributed by atoms with Gasteiger partial charge in [0.15, 0.2) is 0 Å². The Kier molecular flexibility index (Phi) is 4.96. The van der Waals surface area contributed by atoms with Crippen LogP contribution in [0.1, 0.15) is 42.0 Å². The summed E-state index contributed by atoms with van der Waals surface area (Å²) in [7, 11) is 0. The summed E-state index contributed by atoms with van der Waals surface area (Å²) in [4.78, 5) is 0. The second-order valence-corrected chi connectivity index (χ2v) is 6.19. The lowest BCUT2D eigenvalue weighted by atomic mass is 10.0. The van der Waals surface area contributed by atoms with Crippen LogP contribution in [0, 0.1) is 24.6 Å². The fourth-order valence-electron chi connectivity index (χ4n) is 2.76. The van der Waals surface area contributed by atoms with Crippen molar-refractivity contribution in [1.82, 2.24) is 0 Å². The van der Waals surface area contributed by atoms with Gasteiger partial charge >= 0.3 is 0 Å². The number of aryl methyl sites for hydroxylation is 2. The average Bonchev–Trinajstić information content (AvgIpc) is 2.61. The minimum Gasteiger partial charge on any atom is -0.206 e. The van der Waals surface area contributed by atoms with Gasteiger partial charge in [-0.25, -0.2) is 4.39 Å². The number of hydrogen-bond donors (Lipinski definition) is 0. The number of fused-ring (bicyclic) bond motifs is 1. The van der Waals surface area contributed by atoms with Crippen molar-refractivity contribution >= 4 is 10.8 Å². The summed E-state index contributed by atoms with van der Waals surface area (Å²) >= 11 is 0. The number of rotatable bonds is 3. The van der Waals surface area contributed by atoms with Gasteiger partial charge in [-0.05, 0) is 55.0 Å². The zero-order valence-electron chi connectivity index (χ0n) is 14.2. The van der Waals surface area contributed by atoms with Gasteiger partial charge < -0.3 is 0 Å². The molecular weight excluding hydrogens is 295 g/mol. The predicted molar refractivity (Wildman–Crippen MR) is 99.7 cm³/mol. The second-order valence-electron chi connectivity index (χ2n) is 6.19. The van der Waals surface area contributed by atoms with Gasteiger partial charge in [-0.15, -0.1) is 0 Å². The average molecular weight is 316 g/mol. The summed E-state index contributed by atoms with van der Waals surface area (Å²) in [5.41, 5.74) is 3.93. The molecule has 3 aromatic rings. The van der Waals surface area contributed by atoms with Crippen LogP contribution in [0.25, 0.3) is 10.8 Å². The topological polar surface area (TPSA) is 0 Å². The van der Waals surface area contributed by atoms with E-state index in [2.05, 4.69) is 37.8 Å². The molecule has 0 atom stereocenters. The van der Waals surface area contributed by atoms with Crippen molar-refractivity contribution in [2.45, 2.75) is 33.1 Å². The Labute approximate surface area is 143 Å². The van der Waals surface area contributed by atoms with E-state index in [1.165, 1.54) is 5.56 Å². The van der Waals surface area contributed by atoms with Crippen molar-refractivity contribution in [2.75, 3.05) is 0 Å². The molecule has 0 aliphatic rings. The molecule has 3 rings (SSSR count). The molecule has 0 aromatic heterocycles. The fourth-order valence-corrected chi connectivity index (χ4v) is 2.76. The molecule has 0 radical (unpaired) electrons. The SMILES string of the molecule is CCCCc1ccc2cc(C#Cc3ccc(C)cc3)ccc2c1F. The van der Waals surface area contributed by atoms with Crippen LogP contribution in [-0.4, -0.2) is 0 Å². The van der Waals surface area contributed by atoms with Gasteiger partial charge in [0, 0.05) is 16.5 Å². The number of halogens is 1. The number of benzene rings is 3. The third kappa shape index (κ3) is 3.66. The molecule has 0 N–H and O–H groups in total. The Morgan fingerprint density at radius 3 is 2.33 bits per heavy atom. The van der Waals surface area contributed by atoms with E-state index >= 15 is 0 Å². The maximum atomic E-state index is 14.6. The quantitative estimate of drug-likeness (QED) is 0.518. The molecule has 24 heavy (non-hydrogen) atoms. The highest BCUT2D eigenvalue weighted by Crippen LogP contribution is 2.23. The minimum atomic E-state index is -0.0843. The molecule has 0 unspecified atom stereocenters. The highest BCUT2D eigenvalue weighted by molar-refractivity contribution is 5.85. The Hall–Kier alpha value is -2.59. The zero-order chi connectivity index (χ0) is 16.9. The Morgan fingerprint density at radius 2 is 1.58 bits per heavy atom. The van der Waals surface area contributed by atoms with Crippen LogP contribution in [0.5, 0.6) is 0 Å². The molecule has 0 saturated heterocycles. The predicted octanol–water partition coefficient (Wildman–Crippen LogP) is 6.03. The molecule has 1 heteroatoms. The maximum absolute atomic E-state index is 14.6. The third-order valence-corrected chi connectivity index (χ3v) is 4.24. The molecule has 0 nitrogen and oxygen atoms in total. The third-order valence-electron chi connectivity index (χ3n) is 4.24. The zero-order valence-corrected chi connectivity index (χ0v) is 14.2. The first-order valence-electron chi connectivity index (χ1n) is 8.47. The summed E-state index contributed by atoms with van der Waals surface area (Å²) in [6.07, 6.45) is 2.89. The van der Waals surface area contributed by atoms with E-state index < -0.39 is 0 Å². The number of unbranched alkanes of at least 4 members (excludes halogenated alkanes) is 1. The van der Waals surface area contributed by atoms with Crippen molar-refractivity contribution in [3.63, 3.8) is 0 Å². The van der Waals surface area contributed by atoms with E-state index in [1.54, 1.807) is 0 Å². The molecule has 0 fully saturated rings. The van der Waals surface area contributed by atoms with Crippen LogP contribution in [-0.2, 0) is 6.42 Å². The molecule has 3 aromatic carbocycles.